The van der Waals surface area contributed by atoms with Gasteiger partial charge in [-0.25, -0.2) is 4.85 Å². The molecule has 6 nitrogen and oxygen atoms in total. The van der Waals surface area contributed by atoms with Crippen molar-refractivity contribution in [2.24, 2.45) is 0 Å². The van der Waals surface area contributed by atoms with E-state index in [1.807, 2.05) is 6.20 Å². The molecule has 1 aliphatic heterocycles. The number of carbonyl (C=O) groups excluding carboxylic acids is 1. The van der Waals surface area contributed by atoms with Crippen molar-refractivity contribution in [1.29, 1.82) is 0 Å². The summed E-state index contributed by atoms with van der Waals surface area (Å²) < 4.78 is 41.4. The second-order valence-electron chi connectivity index (χ2n) is 7.92. The van der Waals surface area contributed by atoms with Gasteiger partial charge in [-0.2, -0.15) is 18.3 Å². The van der Waals surface area contributed by atoms with Crippen molar-refractivity contribution in [3.8, 4) is 0 Å². The average Bonchev–Trinajstić information content (AvgIpc) is 3.17. The lowest BCUT2D eigenvalue weighted by molar-refractivity contribution is -0.137. The number of carbonyl (C=O) groups is 1. The van der Waals surface area contributed by atoms with Crippen molar-refractivity contribution >= 4 is 17.3 Å². The summed E-state index contributed by atoms with van der Waals surface area (Å²) in [6.45, 7) is 8.83. The second-order valence-corrected chi connectivity index (χ2v) is 7.92. The van der Waals surface area contributed by atoms with E-state index in [1.54, 1.807) is 10.9 Å². The van der Waals surface area contributed by atoms with Crippen LogP contribution < -0.4 is 10.6 Å². The predicted octanol–water partition coefficient (Wildman–Crippen LogP) is 4.44. The predicted molar refractivity (Wildman–Crippen MR) is 105 cm³/mol. The van der Waals surface area contributed by atoms with Gasteiger partial charge in [0.05, 0.1) is 18.3 Å². The van der Waals surface area contributed by atoms with Gasteiger partial charge < -0.3 is 10.6 Å². The highest BCUT2D eigenvalue weighted by Crippen LogP contribution is 2.42. The summed E-state index contributed by atoms with van der Waals surface area (Å²) in [4.78, 5) is 16.0. The average molecular weight is 417 g/mol. The molecule has 1 aromatic heterocycles. The number of rotatable bonds is 4. The van der Waals surface area contributed by atoms with Crippen LogP contribution >= 0.6 is 0 Å². The number of anilines is 1. The monoisotopic (exact) mass is 417 g/mol. The van der Waals surface area contributed by atoms with Gasteiger partial charge in [-0.1, -0.05) is 6.07 Å². The van der Waals surface area contributed by atoms with Crippen molar-refractivity contribution in [3.63, 3.8) is 0 Å². The Morgan fingerprint density at radius 2 is 2.03 bits per heavy atom. The molecule has 2 N–H and O–H groups in total. The lowest BCUT2D eigenvalue weighted by Crippen LogP contribution is -2.51. The van der Waals surface area contributed by atoms with Crippen molar-refractivity contribution < 1.29 is 18.0 Å². The fourth-order valence-corrected chi connectivity index (χ4v) is 4.19. The summed E-state index contributed by atoms with van der Waals surface area (Å²) >= 11 is 0. The summed E-state index contributed by atoms with van der Waals surface area (Å²) in [6, 6.07) is 3.24. The van der Waals surface area contributed by atoms with E-state index in [0.29, 0.717) is 18.8 Å². The number of hydrogen-bond donors (Lipinski definition) is 2. The second kappa shape index (κ2) is 7.76. The van der Waals surface area contributed by atoms with Crippen LogP contribution in [0.1, 0.15) is 49.1 Å². The molecule has 2 aromatic rings. The number of piperidine rings is 1. The smallest absolute Gasteiger partial charge is 0.324 e. The Hall–Kier alpha value is -2.86. The minimum atomic E-state index is -4.67. The van der Waals surface area contributed by atoms with Gasteiger partial charge in [-0.3, -0.25) is 9.48 Å². The van der Waals surface area contributed by atoms with Gasteiger partial charge in [0, 0.05) is 11.9 Å². The number of hydrogen-bond acceptors (Lipinski definition) is 3. The molecule has 0 bridgehead atoms. The van der Waals surface area contributed by atoms with Crippen LogP contribution in [0.25, 0.3) is 4.85 Å². The highest BCUT2D eigenvalue weighted by atomic mass is 19.4. The minimum absolute atomic E-state index is 0.0248. The van der Waals surface area contributed by atoms with E-state index < -0.39 is 23.0 Å². The molecule has 2 fully saturated rings. The van der Waals surface area contributed by atoms with E-state index in [1.165, 1.54) is 6.07 Å². The van der Waals surface area contributed by atoms with Crippen LogP contribution in [0.5, 0.6) is 0 Å². The fourth-order valence-electron chi connectivity index (χ4n) is 4.19. The van der Waals surface area contributed by atoms with E-state index in [-0.39, 0.29) is 11.6 Å². The molecule has 0 spiro atoms. The maximum atomic E-state index is 13.2. The molecule has 0 unspecified atom stereocenters. The molecule has 0 radical (unpaired) electrons. The Morgan fingerprint density at radius 3 is 2.63 bits per heavy atom. The number of alkyl halides is 3. The molecule has 4 rings (SSSR count). The maximum absolute atomic E-state index is 13.2. The first-order valence-electron chi connectivity index (χ1n) is 9.99. The SMILES string of the molecule is [C-]#[N+]c1ccc(NC(=O)C2(n3cc(C4CCNCC4)cn3)CCC2)cc1C(F)(F)F. The molecule has 9 heteroatoms. The van der Waals surface area contributed by atoms with Gasteiger partial charge in [-0.15, -0.1) is 0 Å². The van der Waals surface area contributed by atoms with Crippen molar-refractivity contribution in [1.82, 2.24) is 15.1 Å². The number of nitrogens with zero attached hydrogens (tertiary/aromatic N) is 3. The van der Waals surface area contributed by atoms with Gasteiger partial charge in [0.1, 0.15) is 5.54 Å². The molecular weight excluding hydrogens is 395 g/mol. The third kappa shape index (κ3) is 3.67. The Balaban J connectivity index is 1.56. The first-order chi connectivity index (χ1) is 14.3. The Bertz CT molecular complexity index is 981. The summed E-state index contributed by atoms with van der Waals surface area (Å²) in [5, 5.41) is 10.4. The number of halogens is 3. The standard InChI is InChI=1S/C21H22F3N5O/c1-25-18-4-3-16(11-17(18)21(22,23)24)28-19(30)20(7-2-8-20)29-13-15(12-27-29)14-5-9-26-10-6-14/h3-4,11-14,26H,2,5-10H2,(H,28,30). The molecule has 1 saturated heterocycles. The summed E-state index contributed by atoms with van der Waals surface area (Å²) in [7, 11) is 0. The lowest BCUT2D eigenvalue weighted by Gasteiger charge is -2.40. The molecule has 1 amide bonds. The largest absolute Gasteiger partial charge is 0.407 e. The van der Waals surface area contributed by atoms with Crippen LogP contribution in [-0.2, 0) is 16.5 Å². The molecule has 30 heavy (non-hydrogen) atoms. The summed E-state index contributed by atoms with van der Waals surface area (Å²) in [5.41, 5.74) is -1.31. The molecule has 1 aromatic carbocycles. The van der Waals surface area contributed by atoms with Crippen LogP contribution in [0.4, 0.5) is 24.5 Å². The van der Waals surface area contributed by atoms with Crippen molar-refractivity contribution in [2.45, 2.75) is 49.7 Å². The quantitative estimate of drug-likeness (QED) is 0.723. The third-order valence-electron chi connectivity index (χ3n) is 6.14. The van der Waals surface area contributed by atoms with Crippen LogP contribution in [0.3, 0.4) is 0 Å². The van der Waals surface area contributed by atoms with Gasteiger partial charge in [0.2, 0.25) is 0 Å². The van der Waals surface area contributed by atoms with Crippen LogP contribution in [0.15, 0.2) is 30.6 Å². The molecule has 0 atom stereocenters. The first kappa shape index (κ1) is 20.4. The van der Waals surface area contributed by atoms with Gasteiger partial charge in [0.25, 0.3) is 5.91 Å². The molecule has 1 saturated carbocycles. The number of nitrogens with one attached hydrogen (secondary N) is 2. The van der Waals surface area contributed by atoms with Gasteiger partial charge in [-0.05, 0) is 68.8 Å². The van der Waals surface area contributed by atoms with E-state index >= 15 is 0 Å². The Kier molecular flexibility index (Phi) is 5.28. The molecule has 1 aliphatic carbocycles. The zero-order chi connectivity index (χ0) is 21.4. The fraction of sp³-hybridized carbons (Fsp3) is 0.476. The lowest BCUT2D eigenvalue weighted by atomic mass is 9.76. The Labute approximate surface area is 172 Å². The number of amides is 1. The molecule has 2 aliphatic rings. The highest BCUT2D eigenvalue weighted by molar-refractivity contribution is 5.97. The van der Waals surface area contributed by atoms with E-state index in [0.717, 1.165) is 50.0 Å². The third-order valence-corrected chi connectivity index (χ3v) is 6.14. The zero-order valence-corrected chi connectivity index (χ0v) is 16.3. The van der Waals surface area contributed by atoms with Crippen LogP contribution in [0, 0.1) is 6.57 Å². The topological polar surface area (TPSA) is 63.3 Å². The van der Waals surface area contributed by atoms with Crippen LogP contribution in [-0.4, -0.2) is 28.8 Å². The molecule has 158 valence electrons. The van der Waals surface area contributed by atoms with Crippen molar-refractivity contribution in [2.75, 3.05) is 18.4 Å². The Morgan fingerprint density at radius 1 is 1.30 bits per heavy atom. The minimum Gasteiger partial charge on any atom is -0.324 e. The summed E-state index contributed by atoms with van der Waals surface area (Å²) in [5.74, 6) is 0.0214. The van der Waals surface area contributed by atoms with Crippen molar-refractivity contribution in [3.05, 3.63) is 53.1 Å². The van der Waals surface area contributed by atoms with E-state index in [4.69, 9.17) is 6.57 Å². The summed E-state index contributed by atoms with van der Waals surface area (Å²) in [6.07, 6.45) is 3.09. The zero-order valence-electron chi connectivity index (χ0n) is 16.3. The maximum Gasteiger partial charge on any atom is 0.407 e. The highest BCUT2D eigenvalue weighted by Gasteiger charge is 2.47. The number of benzene rings is 1. The molecule has 2 heterocycles. The van der Waals surface area contributed by atoms with Gasteiger partial charge in [0.15, 0.2) is 5.69 Å². The molecular formula is C21H22F3N5O. The van der Waals surface area contributed by atoms with Gasteiger partial charge >= 0.3 is 6.18 Å². The normalized spacial score (nSPS) is 19.0. The van der Waals surface area contributed by atoms with Crippen LogP contribution in [0.2, 0.25) is 0 Å². The van der Waals surface area contributed by atoms with E-state index in [9.17, 15) is 18.0 Å². The first-order valence-corrected chi connectivity index (χ1v) is 9.99. The van der Waals surface area contributed by atoms with E-state index in [2.05, 4.69) is 20.6 Å². The number of aromatic nitrogens is 2.